The van der Waals surface area contributed by atoms with Gasteiger partial charge in [-0.1, -0.05) is 19.4 Å². The normalized spacial score (nSPS) is 29.1. The topological polar surface area (TPSA) is 26.3 Å². The summed E-state index contributed by atoms with van der Waals surface area (Å²) >= 11 is 0. The summed E-state index contributed by atoms with van der Waals surface area (Å²) < 4.78 is 5.43. The first-order chi connectivity index (χ1) is 7.42. The minimum atomic E-state index is -0.160. The summed E-state index contributed by atoms with van der Waals surface area (Å²) in [6.07, 6.45) is 5.42. The van der Waals surface area contributed by atoms with Crippen LogP contribution in [-0.2, 0) is 9.53 Å². The Bertz CT molecular complexity index is 386. The van der Waals surface area contributed by atoms with Gasteiger partial charge in [0.05, 0.1) is 0 Å². The molecule has 2 rings (SSSR count). The molecule has 0 radical (unpaired) electrons. The van der Waals surface area contributed by atoms with Crippen molar-refractivity contribution in [2.45, 2.75) is 53.1 Å². The first kappa shape index (κ1) is 11.4. The molecule has 1 aliphatic carbocycles. The van der Waals surface area contributed by atoms with Crippen molar-refractivity contribution in [3.8, 4) is 0 Å². The van der Waals surface area contributed by atoms with Gasteiger partial charge in [0.25, 0.3) is 0 Å². The zero-order valence-corrected chi connectivity index (χ0v) is 10.6. The third-order valence-corrected chi connectivity index (χ3v) is 3.78. The second kappa shape index (κ2) is 3.76. The molecule has 0 aromatic carbocycles. The van der Waals surface area contributed by atoms with Gasteiger partial charge in [0.15, 0.2) is 0 Å². The van der Waals surface area contributed by atoms with Crippen molar-refractivity contribution < 1.29 is 9.53 Å². The number of carbonyl (C=O) groups excluding carboxylic acids is 1. The molecular weight excluding hydrogens is 200 g/mol. The van der Waals surface area contributed by atoms with E-state index in [9.17, 15) is 4.79 Å². The standard InChI is InChI=1S/C14H20O2/c1-9-6-5-7-14(3,4)12(9)11-8-10(2)13(15)16-11/h8,11H,5-7H2,1-4H3/t11-/m1/s1. The van der Waals surface area contributed by atoms with E-state index in [4.69, 9.17) is 4.74 Å². The number of hydrogen-bond donors (Lipinski definition) is 0. The van der Waals surface area contributed by atoms with Gasteiger partial charge >= 0.3 is 5.97 Å². The van der Waals surface area contributed by atoms with Gasteiger partial charge in [-0.05, 0) is 50.2 Å². The lowest BCUT2D eigenvalue weighted by Crippen LogP contribution is -2.28. The fourth-order valence-corrected chi connectivity index (χ4v) is 2.95. The van der Waals surface area contributed by atoms with Crippen LogP contribution in [0.4, 0.5) is 0 Å². The fourth-order valence-electron chi connectivity index (χ4n) is 2.95. The van der Waals surface area contributed by atoms with Crippen molar-refractivity contribution in [2.24, 2.45) is 5.41 Å². The van der Waals surface area contributed by atoms with E-state index < -0.39 is 0 Å². The lowest BCUT2D eigenvalue weighted by atomic mass is 9.70. The Hall–Kier alpha value is -1.05. The first-order valence-electron chi connectivity index (χ1n) is 6.01. The molecule has 0 fully saturated rings. The molecule has 1 aliphatic heterocycles. The average molecular weight is 220 g/mol. The van der Waals surface area contributed by atoms with Crippen LogP contribution in [0.15, 0.2) is 22.8 Å². The van der Waals surface area contributed by atoms with E-state index in [0.717, 1.165) is 12.0 Å². The zero-order chi connectivity index (χ0) is 11.9. The van der Waals surface area contributed by atoms with Crippen LogP contribution in [0.5, 0.6) is 0 Å². The lowest BCUT2D eigenvalue weighted by molar-refractivity contribution is -0.138. The molecule has 2 aliphatic rings. The summed E-state index contributed by atoms with van der Waals surface area (Å²) in [7, 11) is 0. The van der Waals surface area contributed by atoms with Crippen LogP contribution in [0.2, 0.25) is 0 Å². The number of rotatable bonds is 1. The number of carbonyl (C=O) groups is 1. The van der Waals surface area contributed by atoms with Crippen LogP contribution in [0, 0.1) is 5.41 Å². The quantitative estimate of drug-likeness (QED) is 0.500. The van der Waals surface area contributed by atoms with Gasteiger partial charge in [-0.3, -0.25) is 0 Å². The van der Waals surface area contributed by atoms with Crippen molar-refractivity contribution in [1.29, 1.82) is 0 Å². The Morgan fingerprint density at radius 3 is 2.56 bits per heavy atom. The average Bonchev–Trinajstić information content (AvgIpc) is 2.44. The maximum Gasteiger partial charge on any atom is 0.334 e. The molecule has 0 saturated heterocycles. The lowest BCUT2D eigenvalue weighted by Gasteiger charge is -2.36. The highest BCUT2D eigenvalue weighted by Crippen LogP contribution is 2.44. The van der Waals surface area contributed by atoms with Crippen LogP contribution in [0.3, 0.4) is 0 Å². The van der Waals surface area contributed by atoms with E-state index in [-0.39, 0.29) is 17.5 Å². The van der Waals surface area contributed by atoms with E-state index in [2.05, 4.69) is 20.8 Å². The molecule has 0 aromatic heterocycles. The highest BCUT2D eigenvalue weighted by molar-refractivity contribution is 5.90. The number of allylic oxidation sites excluding steroid dienone is 1. The van der Waals surface area contributed by atoms with Gasteiger partial charge in [-0.15, -0.1) is 0 Å². The van der Waals surface area contributed by atoms with E-state index in [1.54, 1.807) is 0 Å². The Morgan fingerprint density at radius 1 is 1.38 bits per heavy atom. The van der Waals surface area contributed by atoms with Gasteiger partial charge in [0, 0.05) is 5.57 Å². The van der Waals surface area contributed by atoms with Crippen molar-refractivity contribution >= 4 is 5.97 Å². The number of esters is 1. The predicted octanol–water partition coefficient (Wildman–Crippen LogP) is 3.38. The molecule has 0 amide bonds. The molecule has 0 aromatic rings. The molecule has 88 valence electrons. The third kappa shape index (κ3) is 1.81. The molecule has 0 N–H and O–H groups in total. The summed E-state index contributed by atoms with van der Waals surface area (Å²) in [4.78, 5) is 11.4. The molecule has 0 saturated carbocycles. The molecule has 0 unspecified atom stereocenters. The number of ether oxygens (including phenoxy) is 1. The molecule has 16 heavy (non-hydrogen) atoms. The largest absolute Gasteiger partial charge is 0.450 e. The highest BCUT2D eigenvalue weighted by atomic mass is 16.5. The molecule has 2 heteroatoms. The van der Waals surface area contributed by atoms with Crippen molar-refractivity contribution in [3.05, 3.63) is 22.8 Å². The molecule has 1 atom stereocenters. The highest BCUT2D eigenvalue weighted by Gasteiger charge is 2.37. The monoisotopic (exact) mass is 220 g/mol. The first-order valence-corrected chi connectivity index (χ1v) is 6.01. The Balaban J connectivity index is 2.36. The molecule has 0 bridgehead atoms. The summed E-state index contributed by atoms with van der Waals surface area (Å²) in [5, 5.41) is 0. The SMILES string of the molecule is CC1=C[C@H](C2=C(C)CCCC2(C)C)OC1=O. The van der Waals surface area contributed by atoms with Gasteiger partial charge in [-0.2, -0.15) is 0 Å². The van der Waals surface area contributed by atoms with Gasteiger partial charge in [-0.25, -0.2) is 4.79 Å². The Kier molecular flexibility index (Phi) is 2.69. The molecular formula is C14H20O2. The van der Waals surface area contributed by atoms with E-state index in [0.29, 0.717) is 0 Å². The Morgan fingerprint density at radius 2 is 2.06 bits per heavy atom. The van der Waals surface area contributed by atoms with Gasteiger partial charge in [0.1, 0.15) is 6.10 Å². The minimum Gasteiger partial charge on any atom is -0.450 e. The molecule has 0 spiro atoms. The maximum absolute atomic E-state index is 11.4. The maximum atomic E-state index is 11.4. The summed E-state index contributed by atoms with van der Waals surface area (Å²) in [6.45, 7) is 8.50. The van der Waals surface area contributed by atoms with Gasteiger partial charge < -0.3 is 4.74 Å². The summed E-state index contributed by atoms with van der Waals surface area (Å²) in [5.41, 5.74) is 3.63. The third-order valence-electron chi connectivity index (χ3n) is 3.78. The second-order valence-electron chi connectivity index (χ2n) is 5.61. The minimum absolute atomic E-state index is 0.109. The molecule has 1 heterocycles. The van der Waals surface area contributed by atoms with E-state index >= 15 is 0 Å². The van der Waals surface area contributed by atoms with Crippen LogP contribution >= 0.6 is 0 Å². The van der Waals surface area contributed by atoms with Crippen LogP contribution in [0.25, 0.3) is 0 Å². The summed E-state index contributed by atoms with van der Waals surface area (Å²) in [5.74, 6) is -0.160. The van der Waals surface area contributed by atoms with Gasteiger partial charge in [0.2, 0.25) is 0 Å². The zero-order valence-electron chi connectivity index (χ0n) is 10.6. The molecule has 2 nitrogen and oxygen atoms in total. The summed E-state index contributed by atoms with van der Waals surface area (Å²) in [6, 6.07) is 0. The Labute approximate surface area is 97.4 Å². The van der Waals surface area contributed by atoms with Crippen molar-refractivity contribution in [2.75, 3.05) is 0 Å². The van der Waals surface area contributed by atoms with Crippen LogP contribution in [0.1, 0.15) is 47.0 Å². The number of hydrogen-bond acceptors (Lipinski definition) is 2. The predicted molar refractivity (Wildman–Crippen MR) is 64.0 cm³/mol. The second-order valence-corrected chi connectivity index (χ2v) is 5.61. The van der Waals surface area contributed by atoms with Crippen molar-refractivity contribution in [3.63, 3.8) is 0 Å². The fraction of sp³-hybridized carbons (Fsp3) is 0.643. The van der Waals surface area contributed by atoms with Crippen molar-refractivity contribution in [1.82, 2.24) is 0 Å². The van der Waals surface area contributed by atoms with E-state index in [1.165, 1.54) is 24.0 Å². The van der Waals surface area contributed by atoms with Crippen LogP contribution < -0.4 is 0 Å². The van der Waals surface area contributed by atoms with E-state index in [1.807, 2.05) is 13.0 Å². The van der Waals surface area contributed by atoms with Crippen LogP contribution in [-0.4, -0.2) is 12.1 Å². The number of cyclic esters (lactones) is 1. The smallest absolute Gasteiger partial charge is 0.334 e.